The van der Waals surface area contributed by atoms with E-state index in [-0.39, 0.29) is 12.0 Å². The third-order valence-electron chi connectivity index (χ3n) is 1.83. The van der Waals surface area contributed by atoms with Gasteiger partial charge in [-0.1, -0.05) is 11.8 Å². The van der Waals surface area contributed by atoms with Gasteiger partial charge in [-0.05, 0) is 12.1 Å². The Bertz CT molecular complexity index is 527. The number of carbonyl (C=O) groups is 1. The van der Waals surface area contributed by atoms with Gasteiger partial charge in [0.05, 0.1) is 19.6 Å². The van der Waals surface area contributed by atoms with E-state index >= 15 is 0 Å². The molecule has 0 atom stereocenters. The molecule has 1 rings (SSSR count). The molecule has 1 aromatic carbocycles. The summed E-state index contributed by atoms with van der Waals surface area (Å²) in [6.07, 6.45) is -0.0397. The number of nitrogens with zero attached hydrogens (tertiary/aromatic N) is 1. The van der Waals surface area contributed by atoms with Crippen LogP contribution in [0.2, 0.25) is 0 Å². The van der Waals surface area contributed by atoms with Crippen molar-refractivity contribution in [2.75, 3.05) is 7.11 Å². The van der Waals surface area contributed by atoms with E-state index in [9.17, 15) is 13.6 Å². The highest BCUT2D eigenvalue weighted by molar-refractivity contribution is 5.90. The molecule has 0 aromatic heterocycles. The highest BCUT2D eigenvalue weighted by Gasteiger charge is 2.18. The quantitative estimate of drug-likeness (QED) is 0.552. The second kappa shape index (κ2) is 5.62. The van der Waals surface area contributed by atoms with Gasteiger partial charge < -0.3 is 4.74 Å². The molecular weight excluding hydrogens is 228 g/mol. The van der Waals surface area contributed by atoms with Crippen molar-refractivity contribution in [3.63, 3.8) is 0 Å². The second-order valence-electron chi connectivity index (χ2n) is 2.94. The standard InChI is InChI=1S/C12H7F2NO2/c1-17-12(16)11-9(13)6-8(7-10(11)14)4-2-3-5-15/h6-7H,3H2,1H3. The zero-order chi connectivity index (χ0) is 12.8. The average molecular weight is 235 g/mol. The number of esters is 1. The Hall–Kier alpha value is -2.40. The van der Waals surface area contributed by atoms with Gasteiger partial charge in [-0.25, -0.2) is 13.6 Å². The average Bonchev–Trinajstić information content (AvgIpc) is 2.28. The highest BCUT2D eigenvalue weighted by atomic mass is 19.1. The fourth-order valence-corrected chi connectivity index (χ4v) is 1.13. The van der Waals surface area contributed by atoms with Crippen LogP contribution < -0.4 is 0 Å². The molecule has 0 saturated heterocycles. The van der Waals surface area contributed by atoms with Crippen LogP contribution in [0.15, 0.2) is 12.1 Å². The molecule has 0 radical (unpaired) electrons. The smallest absolute Gasteiger partial charge is 0.343 e. The number of hydrogen-bond donors (Lipinski definition) is 0. The van der Waals surface area contributed by atoms with E-state index in [1.165, 1.54) is 0 Å². The van der Waals surface area contributed by atoms with Crippen molar-refractivity contribution >= 4 is 5.97 Å². The number of benzene rings is 1. The summed E-state index contributed by atoms with van der Waals surface area (Å²) in [4.78, 5) is 11.0. The number of methoxy groups -OCH3 is 1. The topological polar surface area (TPSA) is 50.1 Å². The Morgan fingerprint density at radius 2 is 2.00 bits per heavy atom. The Morgan fingerprint density at radius 1 is 1.41 bits per heavy atom. The number of hydrogen-bond acceptors (Lipinski definition) is 3. The lowest BCUT2D eigenvalue weighted by atomic mass is 10.1. The molecular formula is C12H7F2NO2. The van der Waals surface area contributed by atoms with Gasteiger partial charge in [0.1, 0.15) is 17.2 Å². The molecule has 0 aliphatic carbocycles. The van der Waals surface area contributed by atoms with Gasteiger partial charge in [0, 0.05) is 5.56 Å². The lowest BCUT2D eigenvalue weighted by molar-refractivity contribution is 0.0590. The molecule has 0 aliphatic heterocycles. The normalized spacial score (nSPS) is 8.82. The number of carbonyl (C=O) groups excluding carboxylic acids is 1. The Morgan fingerprint density at radius 3 is 2.47 bits per heavy atom. The number of halogens is 2. The van der Waals surface area contributed by atoms with Crippen LogP contribution in [0.25, 0.3) is 0 Å². The van der Waals surface area contributed by atoms with E-state index in [1.54, 1.807) is 6.07 Å². The lowest BCUT2D eigenvalue weighted by Gasteiger charge is -2.03. The van der Waals surface area contributed by atoms with Crippen LogP contribution in [-0.2, 0) is 4.74 Å². The molecule has 0 unspecified atom stereocenters. The third kappa shape index (κ3) is 3.02. The summed E-state index contributed by atoms with van der Waals surface area (Å²) >= 11 is 0. The van der Waals surface area contributed by atoms with Crippen molar-refractivity contribution in [2.45, 2.75) is 6.42 Å². The molecule has 17 heavy (non-hydrogen) atoms. The maximum absolute atomic E-state index is 13.4. The van der Waals surface area contributed by atoms with E-state index in [4.69, 9.17) is 5.26 Å². The van der Waals surface area contributed by atoms with E-state index in [1.807, 2.05) is 0 Å². The van der Waals surface area contributed by atoms with Crippen molar-refractivity contribution in [1.82, 2.24) is 0 Å². The van der Waals surface area contributed by atoms with Crippen LogP contribution >= 0.6 is 0 Å². The van der Waals surface area contributed by atoms with Crippen molar-refractivity contribution in [1.29, 1.82) is 5.26 Å². The molecule has 0 N–H and O–H groups in total. The summed E-state index contributed by atoms with van der Waals surface area (Å²) in [5, 5.41) is 8.24. The molecule has 0 bridgehead atoms. The first-order chi connectivity index (χ1) is 8.10. The van der Waals surface area contributed by atoms with Crippen molar-refractivity contribution in [3.8, 4) is 17.9 Å². The van der Waals surface area contributed by atoms with Gasteiger partial charge in [0.2, 0.25) is 0 Å². The Balaban J connectivity index is 3.16. The molecule has 86 valence electrons. The molecule has 1 aromatic rings. The number of nitriles is 1. The van der Waals surface area contributed by atoms with Gasteiger partial charge in [-0.15, -0.1) is 0 Å². The van der Waals surface area contributed by atoms with Crippen LogP contribution in [-0.4, -0.2) is 13.1 Å². The molecule has 0 heterocycles. The molecule has 0 fully saturated rings. The Kier molecular flexibility index (Phi) is 4.19. The number of rotatable bonds is 1. The van der Waals surface area contributed by atoms with Gasteiger partial charge >= 0.3 is 5.97 Å². The fraction of sp³-hybridized carbons (Fsp3) is 0.167. The zero-order valence-electron chi connectivity index (χ0n) is 8.88. The summed E-state index contributed by atoms with van der Waals surface area (Å²) in [5.41, 5.74) is -0.693. The summed E-state index contributed by atoms with van der Waals surface area (Å²) in [5.74, 6) is 1.64. The van der Waals surface area contributed by atoms with E-state index in [0.717, 1.165) is 19.2 Å². The predicted molar refractivity (Wildman–Crippen MR) is 54.8 cm³/mol. The van der Waals surface area contributed by atoms with E-state index < -0.39 is 23.2 Å². The largest absolute Gasteiger partial charge is 0.465 e. The van der Waals surface area contributed by atoms with Crippen molar-refractivity contribution in [3.05, 3.63) is 34.9 Å². The maximum Gasteiger partial charge on any atom is 0.343 e. The van der Waals surface area contributed by atoms with Crippen molar-refractivity contribution in [2.24, 2.45) is 0 Å². The molecule has 0 amide bonds. The van der Waals surface area contributed by atoms with Gasteiger partial charge in [0.25, 0.3) is 0 Å². The third-order valence-corrected chi connectivity index (χ3v) is 1.83. The first-order valence-electron chi connectivity index (χ1n) is 4.53. The fourth-order valence-electron chi connectivity index (χ4n) is 1.13. The zero-order valence-corrected chi connectivity index (χ0v) is 8.88. The van der Waals surface area contributed by atoms with E-state index in [2.05, 4.69) is 16.6 Å². The summed E-state index contributed by atoms with van der Waals surface area (Å²) < 4.78 is 31.0. The van der Waals surface area contributed by atoms with Gasteiger partial charge in [0.15, 0.2) is 0 Å². The van der Waals surface area contributed by atoms with Crippen LogP contribution in [0.1, 0.15) is 22.3 Å². The molecule has 3 nitrogen and oxygen atoms in total. The molecule has 0 aliphatic rings. The minimum absolute atomic E-state index is 0.0397. The maximum atomic E-state index is 13.4. The monoisotopic (exact) mass is 235 g/mol. The van der Waals surface area contributed by atoms with Gasteiger partial charge in [-0.2, -0.15) is 5.26 Å². The van der Waals surface area contributed by atoms with Crippen LogP contribution in [0.5, 0.6) is 0 Å². The predicted octanol–water partition coefficient (Wildman–Crippen LogP) is 2.02. The minimum atomic E-state index is -1.09. The lowest BCUT2D eigenvalue weighted by Crippen LogP contribution is -2.08. The molecule has 0 spiro atoms. The second-order valence-corrected chi connectivity index (χ2v) is 2.94. The number of ether oxygens (including phenoxy) is 1. The van der Waals surface area contributed by atoms with Crippen LogP contribution in [0.3, 0.4) is 0 Å². The van der Waals surface area contributed by atoms with E-state index in [0.29, 0.717) is 0 Å². The first-order valence-corrected chi connectivity index (χ1v) is 4.53. The van der Waals surface area contributed by atoms with Gasteiger partial charge in [-0.3, -0.25) is 0 Å². The summed E-state index contributed by atoms with van der Waals surface area (Å²) in [6.45, 7) is 0. The summed E-state index contributed by atoms with van der Waals surface area (Å²) in [7, 11) is 1.03. The highest BCUT2D eigenvalue weighted by Crippen LogP contribution is 2.15. The van der Waals surface area contributed by atoms with Crippen molar-refractivity contribution < 1.29 is 18.3 Å². The molecule has 5 heteroatoms. The van der Waals surface area contributed by atoms with Crippen LogP contribution in [0.4, 0.5) is 8.78 Å². The minimum Gasteiger partial charge on any atom is -0.465 e. The Labute approximate surface area is 96.6 Å². The first kappa shape index (κ1) is 12.7. The SMILES string of the molecule is COC(=O)c1c(F)cc(C#CCC#N)cc1F. The summed E-state index contributed by atoms with van der Waals surface area (Å²) in [6, 6.07) is 3.60. The molecule has 0 saturated carbocycles. The van der Waals surface area contributed by atoms with Crippen LogP contribution in [0, 0.1) is 34.8 Å².